The monoisotopic (exact) mass is 646 g/mol. The lowest BCUT2D eigenvalue weighted by Crippen LogP contribution is -2.18. The molecule has 4 aromatic carbocycles. The van der Waals surface area contributed by atoms with Crippen LogP contribution in [-0.2, 0) is 20.0 Å². The van der Waals surface area contributed by atoms with E-state index in [4.69, 9.17) is 0 Å². The lowest BCUT2D eigenvalue weighted by molar-refractivity contribution is -0.397. The van der Waals surface area contributed by atoms with E-state index in [1.807, 2.05) is 9.44 Å². The predicted octanol–water partition coefficient (Wildman–Crippen LogP) is 4.69. The highest BCUT2D eigenvalue weighted by molar-refractivity contribution is 7.93. The van der Waals surface area contributed by atoms with Crippen LogP contribution in [0.15, 0.2) is 70.5 Å². The Morgan fingerprint density at radius 2 is 0.795 bits per heavy atom. The van der Waals surface area contributed by atoms with E-state index < -0.39 is 94.4 Å². The Labute approximate surface area is 246 Å². The van der Waals surface area contributed by atoms with Gasteiger partial charge in [0.2, 0.25) is 0 Å². The maximum absolute atomic E-state index is 13.4. The molecule has 0 radical (unpaired) electrons. The molecule has 4 rings (SSSR count). The van der Waals surface area contributed by atoms with Gasteiger partial charge in [0.15, 0.2) is 0 Å². The number of sulfonamides is 2. The van der Waals surface area contributed by atoms with Gasteiger partial charge in [-0.25, -0.2) is 16.8 Å². The number of hydrogen-bond acceptors (Lipinski definition) is 12. The zero-order valence-electron chi connectivity index (χ0n) is 22.3. The molecule has 0 aromatic heterocycles. The van der Waals surface area contributed by atoms with Crippen molar-refractivity contribution in [2.75, 3.05) is 9.44 Å². The van der Waals surface area contributed by atoms with E-state index in [0.29, 0.717) is 11.1 Å². The number of rotatable bonds is 10. The zero-order valence-corrected chi connectivity index (χ0v) is 23.9. The van der Waals surface area contributed by atoms with E-state index in [0.717, 1.165) is 24.3 Å². The fourth-order valence-corrected chi connectivity index (χ4v) is 6.35. The summed E-state index contributed by atoms with van der Waals surface area (Å²) in [6.45, 7) is 3.26. The molecule has 20 heteroatoms. The second-order valence-corrected chi connectivity index (χ2v) is 12.6. The van der Waals surface area contributed by atoms with E-state index >= 15 is 0 Å². The summed E-state index contributed by atoms with van der Waals surface area (Å²) in [6.07, 6.45) is 0. The fourth-order valence-electron chi connectivity index (χ4n) is 4.17. The molecule has 228 valence electrons. The van der Waals surface area contributed by atoms with Gasteiger partial charge in [-0.1, -0.05) is 35.4 Å². The summed E-state index contributed by atoms with van der Waals surface area (Å²) in [5.74, 6) is 0. The summed E-state index contributed by atoms with van der Waals surface area (Å²) in [6, 6.07) is 10.3. The minimum atomic E-state index is -4.84. The van der Waals surface area contributed by atoms with Crippen LogP contribution in [0.5, 0.6) is 0 Å². The van der Waals surface area contributed by atoms with Crippen LogP contribution in [0.2, 0.25) is 0 Å². The summed E-state index contributed by atoms with van der Waals surface area (Å²) >= 11 is 0. The third-order valence-electron chi connectivity index (χ3n) is 6.24. The normalized spacial score (nSPS) is 11.6. The number of aryl methyl sites for hydroxylation is 2. The molecule has 0 aliphatic rings. The van der Waals surface area contributed by atoms with Gasteiger partial charge in [-0.05, 0) is 38.1 Å². The Morgan fingerprint density at radius 1 is 0.500 bits per heavy atom. The molecule has 4 aromatic rings. The molecule has 0 bridgehead atoms. The molecule has 0 saturated heterocycles. The molecule has 44 heavy (non-hydrogen) atoms. The van der Waals surface area contributed by atoms with Gasteiger partial charge in [0, 0.05) is 0 Å². The average Bonchev–Trinajstić information content (AvgIpc) is 2.92. The summed E-state index contributed by atoms with van der Waals surface area (Å²) in [4.78, 5) is 42.3. The number of nitrogens with zero attached hydrogens (tertiary/aromatic N) is 4. The van der Waals surface area contributed by atoms with Crippen molar-refractivity contribution in [1.29, 1.82) is 0 Å². The Kier molecular flexibility index (Phi) is 7.90. The molecule has 0 heterocycles. The Hall–Kier alpha value is -5.76. The summed E-state index contributed by atoms with van der Waals surface area (Å²) in [5.41, 5.74) is -6.54. The first-order valence-electron chi connectivity index (χ1n) is 11.9. The van der Waals surface area contributed by atoms with Gasteiger partial charge in [0.05, 0.1) is 47.0 Å². The first kappa shape index (κ1) is 31.2. The van der Waals surface area contributed by atoms with Crippen LogP contribution in [-0.4, -0.2) is 36.5 Å². The molecule has 0 unspecified atom stereocenters. The van der Waals surface area contributed by atoms with Crippen molar-refractivity contribution in [3.8, 4) is 0 Å². The third kappa shape index (κ3) is 5.78. The molecular formula is C24H18N6O12S2. The van der Waals surface area contributed by atoms with Crippen LogP contribution < -0.4 is 9.44 Å². The van der Waals surface area contributed by atoms with E-state index in [2.05, 4.69) is 0 Å². The van der Waals surface area contributed by atoms with Gasteiger partial charge in [-0.3, -0.25) is 49.9 Å². The molecule has 0 saturated carbocycles. The van der Waals surface area contributed by atoms with Crippen molar-refractivity contribution in [1.82, 2.24) is 0 Å². The first-order chi connectivity index (χ1) is 20.4. The average molecular weight is 647 g/mol. The second-order valence-electron chi connectivity index (χ2n) is 9.20. The smallest absolute Gasteiger partial charge is 0.272 e. The molecular weight excluding hydrogens is 628 g/mol. The van der Waals surface area contributed by atoms with E-state index in [9.17, 15) is 57.3 Å². The molecule has 0 amide bonds. The maximum Gasteiger partial charge on any atom is 0.300 e. The number of non-ortho nitro benzene ring substituents is 2. The van der Waals surface area contributed by atoms with Crippen LogP contribution >= 0.6 is 0 Å². The lowest BCUT2D eigenvalue weighted by atomic mass is 10.0. The maximum atomic E-state index is 13.4. The van der Waals surface area contributed by atoms with Gasteiger partial charge in [0.25, 0.3) is 31.4 Å². The lowest BCUT2D eigenvalue weighted by Gasteiger charge is -2.16. The van der Waals surface area contributed by atoms with Crippen molar-refractivity contribution in [2.24, 2.45) is 0 Å². The molecule has 0 aliphatic heterocycles. The number of anilines is 2. The Morgan fingerprint density at radius 3 is 1.07 bits per heavy atom. The van der Waals surface area contributed by atoms with Crippen molar-refractivity contribution in [3.05, 3.63) is 112 Å². The van der Waals surface area contributed by atoms with Crippen molar-refractivity contribution in [3.63, 3.8) is 0 Å². The molecule has 0 atom stereocenters. The number of nitro benzene ring substituents is 4. The summed E-state index contributed by atoms with van der Waals surface area (Å²) in [5, 5.41) is 46.0. The standard InChI is InChI=1S/C24H18N6O12S2/c1-13-3-7-15(8-4-13)43(39,40)25-23-19(29(35)36)11-17(27(31)32)21-18(28(33)34)12-20(30(37)38)24(22(21)23)26-44(41,42)16-9-5-14(2)6-10-16/h3-12,25-26H,1-2H3. The SMILES string of the molecule is Cc1ccc(S(=O)(=O)Nc2c([N+](=O)[O-])cc([N+](=O)[O-])c3c([N+](=O)[O-])cc([N+](=O)[O-])c(NS(=O)(=O)c4ccc(C)cc4)c23)cc1. The quantitative estimate of drug-likeness (QED) is 0.175. The zero-order chi connectivity index (χ0) is 32.7. The molecule has 0 fully saturated rings. The highest BCUT2D eigenvalue weighted by atomic mass is 32.2. The van der Waals surface area contributed by atoms with Crippen molar-refractivity contribution in [2.45, 2.75) is 23.6 Å². The fraction of sp³-hybridized carbons (Fsp3) is 0.0833. The molecule has 18 nitrogen and oxygen atoms in total. The van der Waals surface area contributed by atoms with Crippen LogP contribution in [0.4, 0.5) is 34.1 Å². The van der Waals surface area contributed by atoms with Crippen LogP contribution in [0.3, 0.4) is 0 Å². The summed E-state index contributed by atoms with van der Waals surface area (Å²) < 4.78 is 57.1. The van der Waals surface area contributed by atoms with E-state index in [1.54, 1.807) is 13.8 Å². The Balaban J connectivity index is 2.24. The predicted molar refractivity (Wildman–Crippen MR) is 155 cm³/mol. The highest BCUT2D eigenvalue weighted by Crippen LogP contribution is 2.51. The first-order valence-corrected chi connectivity index (χ1v) is 14.9. The minimum Gasteiger partial charge on any atom is -0.272 e. The number of hydrogen-bond donors (Lipinski definition) is 2. The highest BCUT2D eigenvalue weighted by Gasteiger charge is 2.39. The molecule has 0 aliphatic carbocycles. The van der Waals surface area contributed by atoms with Crippen LogP contribution in [0.1, 0.15) is 11.1 Å². The number of nitro groups is 4. The van der Waals surface area contributed by atoms with E-state index in [-0.39, 0.29) is 12.1 Å². The second kappa shape index (κ2) is 11.1. The summed E-state index contributed by atoms with van der Waals surface area (Å²) in [7, 11) is -9.67. The number of fused-ring (bicyclic) bond motifs is 1. The van der Waals surface area contributed by atoms with Gasteiger partial charge < -0.3 is 0 Å². The molecule has 2 N–H and O–H groups in total. The van der Waals surface area contributed by atoms with Crippen LogP contribution in [0.25, 0.3) is 10.8 Å². The van der Waals surface area contributed by atoms with Gasteiger partial charge in [-0.15, -0.1) is 0 Å². The minimum absolute atomic E-state index is 0.229. The van der Waals surface area contributed by atoms with Crippen LogP contribution in [0, 0.1) is 54.3 Å². The van der Waals surface area contributed by atoms with E-state index in [1.165, 1.54) is 24.3 Å². The van der Waals surface area contributed by atoms with Crippen molar-refractivity contribution < 1.29 is 36.5 Å². The van der Waals surface area contributed by atoms with Crippen molar-refractivity contribution >= 4 is 64.9 Å². The number of nitrogens with one attached hydrogen (secondary N) is 2. The van der Waals surface area contributed by atoms with Gasteiger partial charge >= 0.3 is 11.4 Å². The largest absolute Gasteiger partial charge is 0.300 e. The Bertz CT molecular complexity index is 1970. The topological polar surface area (TPSA) is 265 Å². The third-order valence-corrected chi connectivity index (χ3v) is 8.97. The molecule has 0 spiro atoms. The number of benzene rings is 4. The van der Waals surface area contributed by atoms with Gasteiger partial charge in [0.1, 0.15) is 16.8 Å². The van der Waals surface area contributed by atoms with Gasteiger partial charge in [-0.2, -0.15) is 0 Å².